The van der Waals surface area contributed by atoms with Crippen LogP contribution in [0.15, 0.2) is 18.3 Å². The summed E-state index contributed by atoms with van der Waals surface area (Å²) in [6.45, 7) is 3.14. The number of allylic oxidation sites excluding steroid dienone is 2. The van der Waals surface area contributed by atoms with E-state index >= 15 is 0 Å². The Morgan fingerprint density at radius 3 is 3.21 bits per heavy atom. The molecular weight excluding hydrogens is 172 g/mol. The quantitative estimate of drug-likeness (QED) is 0.620. The Morgan fingerprint density at radius 2 is 2.43 bits per heavy atom. The van der Waals surface area contributed by atoms with E-state index in [1.807, 2.05) is 6.92 Å². The van der Waals surface area contributed by atoms with Gasteiger partial charge in [0, 0.05) is 24.5 Å². The summed E-state index contributed by atoms with van der Waals surface area (Å²) >= 11 is 0. The lowest BCUT2D eigenvalue weighted by molar-refractivity contribution is 0.532. The SMILES string of the molecule is C/C(=C\C#N)c1ccn2c1CCCC2. The molecule has 1 aromatic heterocycles. The van der Waals surface area contributed by atoms with E-state index in [1.54, 1.807) is 6.08 Å². The molecule has 0 amide bonds. The van der Waals surface area contributed by atoms with Crippen molar-refractivity contribution in [3.8, 4) is 6.07 Å². The van der Waals surface area contributed by atoms with Crippen LogP contribution in [-0.2, 0) is 13.0 Å². The normalized spacial score (nSPS) is 16.1. The van der Waals surface area contributed by atoms with Gasteiger partial charge in [-0.15, -0.1) is 0 Å². The van der Waals surface area contributed by atoms with Crippen molar-refractivity contribution in [2.75, 3.05) is 0 Å². The zero-order chi connectivity index (χ0) is 9.97. The average molecular weight is 186 g/mol. The Bertz CT molecular complexity index is 404. The summed E-state index contributed by atoms with van der Waals surface area (Å²) in [7, 11) is 0. The first-order chi connectivity index (χ1) is 6.83. The van der Waals surface area contributed by atoms with E-state index in [-0.39, 0.29) is 0 Å². The molecule has 0 spiro atoms. The molecule has 14 heavy (non-hydrogen) atoms. The summed E-state index contributed by atoms with van der Waals surface area (Å²) in [5, 5.41) is 8.61. The van der Waals surface area contributed by atoms with E-state index in [0.717, 1.165) is 18.5 Å². The second kappa shape index (κ2) is 3.71. The van der Waals surface area contributed by atoms with Gasteiger partial charge < -0.3 is 4.57 Å². The van der Waals surface area contributed by atoms with Gasteiger partial charge in [-0.05, 0) is 43.4 Å². The van der Waals surface area contributed by atoms with Gasteiger partial charge in [-0.1, -0.05) is 0 Å². The molecule has 0 unspecified atom stereocenters. The zero-order valence-corrected chi connectivity index (χ0v) is 8.45. The van der Waals surface area contributed by atoms with E-state index in [1.165, 1.54) is 24.1 Å². The van der Waals surface area contributed by atoms with Gasteiger partial charge in [0.1, 0.15) is 0 Å². The maximum atomic E-state index is 8.61. The Labute approximate surface area is 84.5 Å². The average Bonchev–Trinajstić information content (AvgIpc) is 2.61. The summed E-state index contributed by atoms with van der Waals surface area (Å²) in [5.74, 6) is 0. The molecule has 2 heterocycles. The highest BCUT2D eigenvalue weighted by atomic mass is 15.0. The lowest BCUT2D eigenvalue weighted by Crippen LogP contribution is -2.09. The van der Waals surface area contributed by atoms with Crippen molar-refractivity contribution in [2.45, 2.75) is 32.7 Å². The maximum Gasteiger partial charge on any atom is 0.0915 e. The Balaban J connectivity index is 2.41. The van der Waals surface area contributed by atoms with Crippen LogP contribution in [-0.4, -0.2) is 4.57 Å². The summed E-state index contributed by atoms with van der Waals surface area (Å²) in [5.41, 5.74) is 3.75. The van der Waals surface area contributed by atoms with Crippen molar-refractivity contribution in [3.05, 3.63) is 29.6 Å². The van der Waals surface area contributed by atoms with Gasteiger partial charge in [-0.2, -0.15) is 5.26 Å². The van der Waals surface area contributed by atoms with Crippen molar-refractivity contribution in [3.63, 3.8) is 0 Å². The molecule has 0 bridgehead atoms. The van der Waals surface area contributed by atoms with Crippen LogP contribution < -0.4 is 0 Å². The number of fused-ring (bicyclic) bond motifs is 1. The smallest absolute Gasteiger partial charge is 0.0915 e. The first-order valence-corrected chi connectivity index (χ1v) is 5.07. The van der Waals surface area contributed by atoms with Crippen LogP contribution in [0.4, 0.5) is 0 Å². The summed E-state index contributed by atoms with van der Waals surface area (Å²) in [6, 6.07) is 4.22. The number of rotatable bonds is 1. The number of nitrogens with zero attached hydrogens (tertiary/aromatic N) is 2. The van der Waals surface area contributed by atoms with E-state index in [9.17, 15) is 0 Å². The molecular formula is C12H14N2. The number of aryl methyl sites for hydroxylation is 1. The summed E-state index contributed by atoms with van der Waals surface area (Å²) in [4.78, 5) is 0. The van der Waals surface area contributed by atoms with Crippen LogP contribution in [0.1, 0.15) is 31.0 Å². The Kier molecular flexibility index (Phi) is 2.41. The Hall–Kier alpha value is -1.49. The highest BCUT2D eigenvalue weighted by molar-refractivity contribution is 5.68. The molecule has 2 rings (SSSR count). The fourth-order valence-electron chi connectivity index (χ4n) is 2.10. The Morgan fingerprint density at radius 1 is 1.57 bits per heavy atom. The first-order valence-electron chi connectivity index (χ1n) is 5.07. The van der Waals surface area contributed by atoms with Crippen LogP contribution in [0.5, 0.6) is 0 Å². The molecule has 2 nitrogen and oxygen atoms in total. The fraction of sp³-hybridized carbons (Fsp3) is 0.417. The molecule has 1 aliphatic heterocycles. The third-order valence-corrected chi connectivity index (χ3v) is 2.85. The van der Waals surface area contributed by atoms with Crippen molar-refractivity contribution in [1.82, 2.24) is 4.57 Å². The third kappa shape index (κ3) is 1.46. The van der Waals surface area contributed by atoms with Gasteiger partial charge in [0.05, 0.1) is 6.07 Å². The van der Waals surface area contributed by atoms with E-state index < -0.39 is 0 Å². The lowest BCUT2D eigenvalue weighted by atomic mass is 10.0. The topological polar surface area (TPSA) is 28.7 Å². The zero-order valence-electron chi connectivity index (χ0n) is 8.45. The van der Waals surface area contributed by atoms with Crippen LogP contribution in [0.2, 0.25) is 0 Å². The van der Waals surface area contributed by atoms with Crippen molar-refractivity contribution in [2.24, 2.45) is 0 Å². The molecule has 72 valence electrons. The molecule has 2 heteroatoms. The molecule has 0 fully saturated rings. The molecule has 1 aliphatic rings. The second-order valence-corrected chi connectivity index (χ2v) is 3.78. The van der Waals surface area contributed by atoms with Crippen LogP contribution in [0.25, 0.3) is 5.57 Å². The molecule has 0 N–H and O–H groups in total. The van der Waals surface area contributed by atoms with Gasteiger partial charge >= 0.3 is 0 Å². The van der Waals surface area contributed by atoms with Gasteiger partial charge in [0.25, 0.3) is 0 Å². The van der Waals surface area contributed by atoms with E-state index in [2.05, 4.69) is 22.9 Å². The maximum absolute atomic E-state index is 8.61. The number of nitriles is 1. The van der Waals surface area contributed by atoms with Crippen molar-refractivity contribution < 1.29 is 0 Å². The lowest BCUT2D eigenvalue weighted by Gasteiger charge is -2.16. The van der Waals surface area contributed by atoms with E-state index in [4.69, 9.17) is 5.26 Å². The van der Waals surface area contributed by atoms with Gasteiger partial charge in [-0.3, -0.25) is 0 Å². The molecule has 0 aromatic carbocycles. The largest absolute Gasteiger partial charge is 0.351 e. The molecule has 0 saturated heterocycles. The molecule has 0 saturated carbocycles. The highest BCUT2D eigenvalue weighted by Gasteiger charge is 2.13. The molecule has 0 radical (unpaired) electrons. The minimum absolute atomic E-state index is 1.09. The van der Waals surface area contributed by atoms with Gasteiger partial charge in [0.15, 0.2) is 0 Å². The van der Waals surface area contributed by atoms with Crippen LogP contribution >= 0.6 is 0 Å². The summed E-state index contributed by atoms with van der Waals surface area (Å²) < 4.78 is 2.31. The second-order valence-electron chi connectivity index (χ2n) is 3.78. The number of aromatic nitrogens is 1. The standard InChI is InChI=1S/C12H14N2/c1-10(5-7-13)11-6-9-14-8-3-2-4-12(11)14/h5-6,9H,2-4,8H2,1H3/b10-5+. The van der Waals surface area contributed by atoms with Crippen molar-refractivity contribution >= 4 is 5.57 Å². The minimum atomic E-state index is 1.09. The summed E-state index contributed by atoms with van der Waals surface area (Å²) in [6.07, 6.45) is 7.47. The minimum Gasteiger partial charge on any atom is -0.351 e. The van der Waals surface area contributed by atoms with Crippen LogP contribution in [0.3, 0.4) is 0 Å². The highest BCUT2D eigenvalue weighted by Crippen LogP contribution is 2.25. The predicted molar refractivity (Wildman–Crippen MR) is 56.6 cm³/mol. The van der Waals surface area contributed by atoms with Crippen molar-refractivity contribution in [1.29, 1.82) is 5.26 Å². The molecule has 1 aromatic rings. The first kappa shape index (κ1) is 9.08. The molecule has 0 atom stereocenters. The third-order valence-electron chi connectivity index (χ3n) is 2.85. The monoisotopic (exact) mass is 186 g/mol. The van der Waals surface area contributed by atoms with Gasteiger partial charge in [-0.25, -0.2) is 0 Å². The molecule has 0 aliphatic carbocycles. The number of hydrogen-bond acceptors (Lipinski definition) is 1. The predicted octanol–water partition coefficient (Wildman–Crippen LogP) is 2.75. The fourth-order valence-corrected chi connectivity index (χ4v) is 2.10. The van der Waals surface area contributed by atoms with E-state index in [0.29, 0.717) is 0 Å². The van der Waals surface area contributed by atoms with Crippen LogP contribution in [0, 0.1) is 11.3 Å². The number of hydrogen-bond donors (Lipinski definition) is 0. The van der Waals surface area contributed by atoms with Gasteiger partial charge in [0.2, 0.25) is 0 Å².